The molecule has 0 atom stereocenters. The van der Waals surface area contributed by atoms with Gasteiger partial charge < -0.3 is 4.90 Å². The van der Waals surface area contributed by atoms with Gasteiger partial charge in [-0.3, -0.25) is 0 Å². The smallest absolute Gasteiger partial charge is 0.0754 e. The maximum absolute atomic E-state index is 6.64. The van der Waals surface area contributed by atoms with Crippen LogP contribution in [0.2, 0.25) is 5.02 Å². The first-order valence-electron chi connectivity index (χ1n) is 11.2. The highest BCUT2D eigenvalue weighted by Gasteiger charge is 2.51. The molecule has 5 aromatic carbocycles. The number of para-hydroxylation sites is 3. The third kappa shape index (κ3) is 2.38. The maximum atomic E-state index is 6.64. The first-order valence-corrected chi connectivity index (χ1v) is 11.6. The van der Waals surface area contributed by atoms with Gasteiger partial charge in [-0.05, 0) is 69.8 Å². The molecule has 1 spiro atoms. The summed E-state index contributed by atoms with van der Waals surface area (Å²) in [4.78, 5) is 2.39. The van der Waals surface area contributed by atoms with Crippen molar-refractivity contribution in [2.75, 3.05) is 4.90 Å². The van der Waals surface area contributed by atoms with E-state index in [0.29, 0.717) is 0 Å². The Morgan fingerprint density at radius 2 is 1.03 bits per heavy atom. The number of benzene rings is 5. The van der Waals surface area contributed by atoms with E-state index in [1.54, 1.807) is 0 Å². The molecule has 0 aromatic heterocycles. The molecule has 0 saturated carbocycles. The minimum absolute atomic E-state index is 0.421. The van der Waals surface area contributed by atoms with E-state index in [4.69, 9.17) is 11.6 Å². The second-order valence-electron chi connectivity index (χ2n) is 8.69. The number of hydrogen-bond acceptors (Lipinski definition) is 1. The van der Waals surface area contributed by atoms with E-state index in [2.05, 4.69) is 120 Å². The highest BCUT2D eigenvalue weighted by molar-refractivity contribution is 6.30. The fourth-order valence-electron chi connectivity index (χ4n) is 5.93. The zero-order chi connectivity index (χ0) is 22.0. The molecule has 1 heterocycles. The lowest BCUT2D eigenvalue weighted by molar-refractivity contribution is 0.752. The molecule has 1 aliphatic heterocycles. The molecule has 33 heavy (non-hydrogen) atoms. The van der Waals surface area contributed by atoms with Crippen LogP contribution in [0.5, 0.6) is 0 Å². The summed E-state index contributed by atoms with van der Waals surface area (Å²) in [6, 6.07) is 43.4. The van der Waals surface area contributed by atoms with Gasteiger partial charge >= 0.3 is 0 Å². The Balaban J connectivity index is 1.68. The molecule has 2 heteroatoms. The van der Waals surface area contributed by atoms with Crippen molar-refractivity contribution in [3.05, 3.63) is 149 Å². The fraction of sp³-hybridized carbons (Fsp3) is 0.0323. The van der Waals surface area contributed by atoms with Crippen LogP contribution in [-0.4, -0.2) is 0 Å². The third-order valence-electron chi connectivity index (χ3n) is 7.12. The topological polar surface area (TPSA) is 3.24 Å². The monoisotopic (exact) mass is 441 g/mol. The molecular formula is C31H20ClN. The van der Waals surface area contributed by atoms with E-state index in [-0.39, 0.29) is 0 Å². The summed E-state index contributed by atoms with van der Waals surface area (Å²) in [7, 11) is 0. The molecule has 5 aromatic rings. The Morgan fingerprint density at radius 3 is 1.73 bits per heavy atom. The van der Waals surface area contributed by atoms with Crippen molar-refractivity contribution in [2.45, 2.75) is 5.41 Å². The molecule has 0 fully saturated rings. The van der Waals surface area contributed by atoms with Gasteiger partial charge in [0.05, 0.1) is 16.8 Å². The first kappa shape index (κ1) is 18.7. The van der Waals surface area contributed by atoms with E-state index in [0.717, 1.165) is 10.7 Å². The van der Waals surface area contributed by atoms with Gasteiger partial charge in [-0.2, -0.15) is 0 Å². The van der Waals surface area contributed by atoms with Gasteiger partial charge in [0, 0.05) is 10.7 Å². The van der Waals surface area contributed by atoms with Crippen molar-refractivity contribution in [1.29, 1.82) is 0 Å². The molecule has 0 saturated heterocycles. The van der Waals surface area contributed by atoms with E-state index in [1.807, 2.05) is 6.07 Å². The molecule has 0 amide bonds. The number of anilines is 3. The van der Waals surface area contributed by atoms with Crippen LogP contribution in [0.25, 0.3) is 11.1 Å². The van der Waals surface area contributed by atoms with Crippen molar-refractivity contribution < 1.29 is 0 Å². The summed E-state index contributed by atoms with van der Waals surface area (Å²) < 4.78 is 0. The van der Waals surface area contributed by atoms with Gasteiger partial charge in [-0.1, -0.05) is 96.5 Å². The van der Waals surface area contributed by atoms with Gasteiger partial charge in [0.15, 0.2) is 0 Å². The van der Waals surface area contributed by atoms with E-state index in [1.165, 1.54) is 44.8 Å². The van der Waals surface area contributed by atoms with Crippen molar-refractivity contribution >= 4 is 28.7 Å². The zero-order valence-electron chi connectivity index (χ0n) is 17.9. The maximum Gasteiger partial charge on any atom is 0.0754 e. The predicted octanol–water partition coefficient (Wildman–Crippen LogP) is 8.49. The minimum Gasteiger partial charge on any atom is -0.310 e. The Bertz CT molecular complexity index is 1490. The van der Waals surface area contributed by atoms with Crippen molar-refractivity contribution in [2.24, 2.45) is 0 Å². The first-order chi connectivity index (χ1) is 16.3. The van der Waals surface area contributed by atoms with Crippen molar-refractivity contribution in [3.63, 3.8) is 0 Å². The lowest BCUT2D eigenvalue weighted by Crippen LogP contribution is -2.36. The predicted molar refractivity (Wildman–Crippen MR) is 137 cm³/mol. The molecule has 7 rings (SSSR count). The summed E-state index contributed by atoms with van der Waals surface area (Å²) in [6.45, 7) is 0. The minimum atomic E-state index is -0.421. The van der Waals surface area contributed by atoms with Crippen LogP contribution in [0.1, 0.15) is 22.3 Å². The van der Waals surface area contributed by atoms with Crippen LogP contribution in [0, 0.1) is 0 Å². The second kappa shape index (κ2) is 6.84. The van der Waals surface area contributed by atoms with Crippen LogP contribution in [-0.2, 0) is 5.41 Å². The van der Waals surface area contributed by atoms with Crippen LogP contribution in [0.15, 0.2) is 121 Å². The zero-order valence-corrected chi connectivity index (χ0v) is 18.6. The number of rotatable bonds is 1. The van der Waals surface area contributed by atoms with Gasteiger partial charge in [-0.15, -0.1) is 0 Å². The van der Waals surface area contributed by atoms with Gasteiger partial charge in [0.2, 0.25) is 0 Å². The highest BCUT2D eigenvalue weighted by Crippen LogP contribution is 2.63. The molecule has 2 aliphatic rings. The molecule has 0 radical (unpaired) electrons. The standard InChI is InChI=1S/C31H20ClN/c32-21-18-19-24-23-12-4-5-13-25(23)31(28(24)20-21)26-14-6-8-16-29(26)33(22-10-2-1-3-11-22)30-17-9-7-15-27(30)31/h1-20H. The Kier molecular flexibility index (Phi) is 3.88. The molecular weight excluding hydrogens is 422 g/mol. The molecule has 0 N–H and O–H groups in total. The number of nitrogens with zero attached hydrogens (tertiary/aromatic N) is 1. The van der Waals surface area contributed by atoms with Crippen molar-refractivity contribution in [3.8, 4) is 11.1 Å². The summed E-state index contributed by atoms with van der Waals surface area (Å²) >= 11 is 6.64. The summed E-state index contributed by atoms with van der Waals surface area (Å²) in [5.41, 5.74) is 10.8. The number of fused-ring (bicyclic) bond motifs is 9. The van der Waals surface area contributed by atoms with Gasteiger partial charge in [0.1, 0.15) is 0 Å². The summed E-state index contributed by atoms with van der Waals surface area (Å²) in [5, 5.41) is 0.765. The van der Waals surface area contributed by atoms with Gasteiger partial charge in [0.25, 0.3) is 0 Å². The van der Waals surface area contributed by atoms with Gasteiger partial charge in [-0.25, -0.2) is 0 Å². The quantitative estimate of drug-likeness (QED) is 0.247. The van der Waals surface area contributed by atoms with Crippen LogP contribution in [0.3, 0.4) is 0 Å². The van der Waals surface area contributed by atoms with E-state index in [9.17, 15) is 0 Å². The molecule has 1 aliphatic carbocycles. The van der Waals surface area contributed by atoms with Crippen LogP contribution < -0.4 is 4.90 Å². The Morgan fingerprint density at radius 1 is 0.485 bits per heavy atom. The SMILES string of the molecule is Clc1ccc2c(c1)C1(c3ccccc3-2)c2ccccc2N(c2ccccc2)c2ccccc21. The molecule has 156 valence electrons. The molecule has 1 nitrogen and oxygen atoms in total. The average molecular weight is 442 g/mol. The number of hydrogen-bond donors (Lipinski definition) is 0. The van der Waals surface area contributed by atoms with E-state index >= 15 is 0 Å². The lowest BCUT2D eigenvalue weighted by atomic mass is 9.64. The third-order valence-corrected chi connectivity index (χ3v) is 7.35. The Hall–Kier alpha value is -3.81. The van der Waals surface area contributed by atoms with Crippen molar-refractivity contribution in [1.82, 2.24) is 0 Å². The van der Waals surface area contributed by atoms with E-state index < -0.39 is 5.41 Å². The normalized spacial score (nSPS) is 14.4. The lowest BCUT2D eigenvalue weighted by Gasteiger charge is -2.45. The van der Waals surface area contributed by atoms with Crippen LogP contribution in [0.4, 0.5) is 17.1 Å². The Labute approximate surface area is 198 Å². The summed E-state index contributed by atoms with van der Waals surface area (Å²) in [6.07, 6.45) is 0. The highest BCUT2D eigenvalue weighted by atomic mass is 35.5. The molecule has 0 bridgehead atoms. The van der Waals surface area contributed by atoms with Crippen LogP contribution >= 0.6 is 11.6 Å². The summed E-state index contributed by atoms with van der Waals surface area (Å²) in [5.74, 6) is 0. The fourth-order valence-corrected chi connectivity index (χ4v) is 6.11. The average Bonchev–Trinajstić information content (AvgIpc) is 3.15. The largest absolute Gasteiger partial charge is 0.310 e. The number of halogens is 1. The second-order valence-corrected chi connectivity index (χ2v) is 9.13. The molecule has 0 unspecified atom stereocenters.